The molecule has 0 spiro atoms. The van der Waals surface area contributed by atoms with Gasteiger partial charge in [0.25, 0.3) is 0 Å². The third kappa shape index (κ3) is 1.92. The first kappa shape index (κ1) is 10.3. The van der Waals surface area contributed by atoms with Crippen molar-refractivity contribution in [2.45, 2.75) is 52.0 Å². The van der Waals surface area contributed by atoms with Crippen molar-refractivity contribution < 1.29 is 0 Å². The largest absolute Gasteiger partial charge is 0.335 e. The van der Waals surface area contributed by atoms with E-state index in [9.17, 15) is 0 Å². The lowest BCUT2D eigenvalue weighted by Crippen LogP contribution is -2.09. The lowest BCUT2D eigenvalue weighted by molar-refractivity contribution is 0.624. The van der Waals surface area contributed by atoms with Crippen molar-refractivity contribution in [3.05, 3.63) is 23.0 Å². The van der Waals surface area contributed by atoms with Crippen LogP contribution in [0, 0.1) is 11.3 Å². The third-order valence-corrected chi connectivity index (χ3v) is 3.23. The maximum atomic E-state index is 8.86. The van der Waals surface area contributed by atoms with E-state index in [1.807, 2.05) is 0 Å². The molecule has 2 rings (SSSR count). The Bertz CT molecular complexity index is 382. The van der Waals surface area contributed by atoms with E-state index in [0.717, 1.165) is 12.8 Å². The molecule has 15 heavy (non-hydrogen) atoms. The van der Waals surface area contributed by atoms with Crippen LogP contribution in [0.1, 0.15) is 43.1 Å². The minimum atomic E-state index is 0.532. The molecule has 0 saturated heterocycles. The summed E-state index contributed by atoms with van der Waals surface area (Å²) >= 11 is 0. The second kappa shape index (κ2) is 4.53. The normalized spacial score (nSPS) is 14.7. The second-order valence-electron chi connectivity index (χ2n) is 4.31. The van der Waals surface area contributed by atoms with Gasteiger partial charge >= 0.3 is 0 Å². The second-order valence-corrected chi connectivity index (χ2v) is 4.31. The van der Waals surface area contributed by atoms with E-state index in [2.05, 4.69) is 23.6 Å². The van der Waals surface area contributed by atoms with Crippen LogP contribution in [0.15, 0.2) is 6.07 Å². The van der Waals surface area contributed by atoms with Crippen molar-refractivity contribution in [1.82, 2.24) is 4.57 Å². The lowest BCUT2D eigenvalue weighted by Gasteiger charge is -2.14. The molecular weight excluding hydrogens is 184 g/mol. The highest BCUT2D eigenvalue weighted by Gasteiger charge is 2.17. The van der Waals surface area contributed by atoms with E-state index < -0.39 is 0 Å². The molecule has 2 heteroatoms. The molecule has 1 aliphatic rings. The van der Waals surface area contributed by atoms with E-state index in [4.69, 9.17) is 5.26 Å². The molecule has 0 unspecified atom stereocenters. The summed E-state index contributed by atoms with van der Waals surface area (Å²) in [5, 5.41) is 8.86. The summed E-state index contributed by atoms with van der Waals surface area (Å²) in [7, 11) is 0. The summed E-state index contributed by atoms with van der Waals surface area (Å²) in [4.78, 5) is 0. The molecule has 0 bridgehead atoms. The van der Waals surface area contributed by atoms with Crippen LogP contribution >= 0.6 is 0 Å². The first-order chi connectivity index (χ1) is 7.36. The Morgan fingerprint density at radius 1 is 1.40 bits per heavy atom. The van der Waals surface area contributed by atoms with Crippen LogP contribution in [0.25, 0.3) is 0 Å². The van der Waals surface area contributed by atoms with Gasteiger partial charge in [-0.15, -0.1) is 0 Å². The number of aromatic nitrogens is 1. The van der Waals surface area contributed by atoms with Gasteiger partial charge in [-0.05, 0) is 43.7 Å². The smallest absolute Gasteiger partial charge is 0.110 e. The van der Waals surface area contributed by atoms with Crippen molar-refractivity contribution >= 4 is 0 Å². The average Bonchev–Trinajstić information content (AvgIpc) is 2.59. The van der Waals surface area contributed by atoms with Gasteiger partial charge in [0.1, 0.15) is 6.54 Å². The zero-order valence-corrected chi connectivity index (χ0v) is 9.42. The van der Waals surface area contributed by atoms with Gasteiger partial charge in [0.05, 0.1) is 6.07 Å². The summed E-state index contributed by atoms with van der Waals surface area (Å²) in [5.74, 6) is 0. The first-order valence-corrected chi connectivity index (χ1v) is 5.94. The summed E-state index contributed by atoms with van der Waals surface area (Å²) in [6, 6.07) is 4.61. The number of hydrogen-bond acceptors (Lipinski definition) is 1. The Hall–Kier alpha value is -1.23. The molecule has 1 aliphatic carbocycles. The monoisotopic (exact) mass is 202 g/mol. The molecule has 0 N–H and O–H groups in total. The Morgan fingerprint density at radius 2 is 2.20 bits per heavy atom. The van der Waals surface area contributed by atoms with Gasteiger partial charge < -0.3 is 4.57 Å². The van der Waals surface area contributed by atoms with Crippen molar-refractivity contribution in [2.75, 3.05) is 0 Å². The van der Waals surface area contributed by atoms with Gasteiger partial charge in [-0.2, -0.15) is 5.26 Å². The first-order valence-electron chi connectivity index (χ1n) is 5.94. The molecule has 0 aromatic carbocycles. The van der Waals surface area contributed by atoms with Crippen LogP contribution in [-0.4, -0.2) is 4.57 Å². The number of nitriles is 1. The Labute approximate surface area is 91.5 Å². The zero-order valence-electron chi connectivity index (χ0n) is 9.42. The molecule has 1 aromatic heterocycles. The number of aryl methyl sites for hydroxylation is 2. The fraction of sp³-hybridized carbons (Fsp3) is 0.615. The van der Waals surface area contributed by atoms with Crippen LogP contribution in [-0.2, 0) is 25.8 Å². The molecular formula is C13H18N2. The Kier molecular flexibility index (Phi) is 3.11. The molecule has 0 amide bonds. The van der Waals surface area contributed by atoms with Crippen LogP contribution in [0.4, 0.5) is 0 Å². The SMILES string of the molecule is CCCc1cc2c(n1CC#N)CCCC2. The zero-order chi connectivity index (χ0) is 10.7. The topological polar surface area (TPSA) is 28.7 Å². The molecule has 0 radical (unpaired) electrons. The summed E-state index contributed by atoms with van der Waals surface area (Å²) < 4.78 is 2.25. The molecule has 80 valence electrons. The quantitative estimate of drug-likeness (QED) is 0.741. The van der Waals surface area contributed by atoms with Crippen molar-refractivity contribution in [2.24, 2.45) is 0 Å². The van der Waals surface area contributed by atoms with Gasteiger partial charge in [0, 0.05) is 11.4 Å². The predicted octanol–water partition coefficient (Wildman–Crippen LogP) is 2.84. The maximum absolute atomic E-state index is 8.86. The minimum Gasteiger partial charge on any atom is -0.335 e. The van der Waals surface area contributed by atoms with Gasteiger partial charge in [-0.3, -0.25) is 0 Å². The third-order valence-electron chi connectivity index (χ3n) is 3.23. The highest BCUT2D eigenvalue weighted by molar-refractivity contribution is 5.31. The molecule has 0 saturated carbocycles. The minimum absolute atomic E-state index is 0.532. The molecule has 1 aromatic rings. The molecule has 0 atom stereocenters. The molecule has 0 fully saturated rings. The van der Waals surface area contributed by atoms with E-state index in [-0.39, 0.29) is 0 Å². The number of rotatable bonds is 3. The Morgan fingerprint density at radius 3 is 2.93 bits per heavy atom. The number of fused-ring (bicyclic) bond motifs is 1. The lowest BCUT2D eigenvalue weighted by atomic mass is 9.98. The fourth-order valence-electron chi connectivity index (χ4n) is 2.56. The van der Waals surface area contributed by atoms with Crippen LogP contribution in [0.5, 0.6) is 0 Å². The average molecular weight is 202 g/mol. The molecule has 0 aliphatic heterocycles. The van der Waals surface area contributed by atoms with Crippen LogP contribution in [0.2, 0.25) is 0 Å². The van der Waals surface area contributed by atoms with Crippen molar-refractivity contribution in [3.8, 4) is 6.07 Å². The van der Waals surface area contributed by atoms with Gasteiger partial charge in [-0.1, -0.05) is 13.3 Å². The number of nitrogens with zero attached hydrogens (tertiary/aromatic N) is 2. The summed E-state index contributed by atoms with van der Waals surface area (Å²) in [6.07, 6.45) is 7.25. The molecule has 2 nitrogen and oxygen atoms in total. The van der Waals surface area contributed by atoms with Gasteiger partial charge in [0.15, 0.2) is 0 Å². The highest BCUT2D eigenvalue weighted by atomic mass is 15.0. The maximum Gasteiger partial charge on any atom is 0.110 e. The van der Waals surface area contributed by atoms with E-state index in [1.165, 1.54) is 42.6 Å². The van der Waals surface area contributed by atoms with E-state index >= 15 is 0 Å². The standard InChI is InChI=1S/C13H18N2/c1-2-5-12-10-11-6-3-4-7-13(11)15(12)9-8-14/h10H,2-7,9H2,1H3. The summed E-state index contributed by atoms with van der Waals surface area (Å²) in [5.41, 5.74) is 4.30. The van der Waals surface area contributed by atoms with Gasteiger partial charge in [0.2, 0.25) is 0 Å². The summed E-state index contributed by atoms with van der Waals surface area (Å²) in [6.45, 7) is 2.73. The van der Waals surface area contributed by atoms with E-state index in [0.29, 0.717) is 6.54 Å². The highest BCUT2D eigenvalue weighted by Crippen LogP contribution is 2.25. The van der Waals surface area contributed by atoms with Gasteiger partial charge in [-0.25, -0.2) is 0 Å². The van der Waals surface area contributed by atoms with Crippen molar-refractivity contribution in [3.63, 3.8) is 0 Å². The fourth-order valence-corrected chi connectivity index (χ4v) is 2.56. The predicted molar refractivity (Wildman–Crippen MR) is 60.7 cm³/mol. The van der Waals surface area contributed by atoms with Crippen LogP contribution in [0.3, 0.4) is 0 Å². The Balaban J connectivity index is 2.37. The van der Waals surface area contributed by atoms with Crippen LogP contribution < -0.4 is 0 Å². The van der Waals surface area contributed by atoms with Crippen molar-refractivity contribution in [1.29, 1.82) is 5.26 Å². The van der Waals surface area contributed by atoms with E-state index in [1.54, 1.807) is 0 Å². The number of hydrogen-bond donors (Lipinski definition) is 0. The molecule has 1 heterocycles.